The van der Waals surface area contributed by atoms with Gasteiger partial charge in [-0.1, -0.05) is 6.42 Å². The predicted octanol–water partition coefficient (Wildman–Crippen LogP) is 2.09. The van der Waals surface area contributed by atoms with Crippen molar-refractivity contribution in [1.29, 1.82) is 0 Å². The molecule has 11 heteroatoms. The largest absolute Gasteiger partial charge is 0.433 e. The Bertz CT molecular complexity index is 965. The molecule has 0 aliphatic carbocycles. The number of rotatable bonds is 6. The van der Waals surface area contributed by atoms with Crippen molar-refractivity contribution in [3.8, 4) is 0 Å². The van der Waals surface area contributed by atoms with Gasteiger partial charge in [0.25, 0.3) is 5.56 Å². The number of aromatic nitrogens is 4. The minimum Gasteiger partial charge on any atom is -0.376 e. The summed E-state index contributed by atoms with van der Waals surface area (Å²) in [4.78, 5) is 22.1. The fourth-order valence-electron chi connectivity index (χ4n) is 4.03. The summed E-state index contributed by atoms with van der Waals surface area (Å²) < 4.78 is 45.4. The quantitative estimate of drug-likeness (QED) is 0.739. The van der Waals surface area contributed by atoms with E-state index in [1.807, 2.05) is 0 Å². The summed E-state index contributed by atoms with van der Waals surface area (Å²) in [6.07, 6.45) is 0.302. The lowest BCUT2D eigenvalue weighted by Crippen LogP contribution is -2.46. The molecule has 1 unspecified atom stereocenters. The third kappa shape index (κ3) is 5.40. The van der Waals surface area contributed by atoms with Crippen molar-refractivity contribution >= 4 is 5.95 Å². The molecule has 168 valence electrons. The molecule has 2 aromatic heterocycles. The molecule has 0 aromatic carbocycles. The van der Waals surface area contributed by atoms with E-state index in [4.69, 9.17) is 4.74 Å². The predicted molar refractivity (Wildman–Crippen MR) is 107 cm³/mol. The summed E-state index contributed by atoms with van der Waals surface area (Å²) in [5, 5.41) is 7.45. The van der Waals surface area contributed by atoms with E-state index in [-0.39, 0.29) is 17.5 Å². The number of nitrogens with one attached hydrogen (secondary N) is 1. The van der Waals surface area contributed by atoms with Crippen LogP contribution in [-0.2, 0) is 30.5 Å². The first-order chi connectivity index (χ1) is 14.9. The van der Waals surface area contributed by atoms with Gasteiger partial charge in [-0.25, -0.2) is 14.6 Å². The van der Waals surface area contributed by atoms with Crippen LogP contribution < -0.4 is 10.9 Å². The Morgan fingerprint density at radius 1 is 1.26 bits per heavy atom. The van der Waals surface area contributed by atoms with Crippen molar-refractivity contribution in [1.82, 2.24) is 24.6 Å². The van der Waals surface area contributed by atoms with Crippen LogP contribution in [0, 0.1) is 0 Å². The molecule has 31 heavy (non-hydrogen) atoms. The summed E-state index contributed by atoms with van der Waals surface area (Å²) in [5.41, 5.74) is 0.653. The first-order valence-corrected chi connectivity index (χ1v) is 10.5. The Labute approximate surface area is 177 Å². The molecule has 2 aromatic rings. The number of fused-ring (bicyclic) bond motifs is 1. The van der Waals surface area contributed by atoms with E-state index in [1.165, 1.54) is 4.68 Å². The fraction of sp³-hybridized carbons (Fsp3) is 0.600. The van der Waals surface area contributed by atoms with E-state index in [0.717, 1.165) is 49.3 Å². The normalized spacial score (nSPS) is 19.8. The van der Waals surface area contributed by atoms with E-state index in [1.54, 1.807) is 6.07 Å². The summed E-state index contributed by atoms with van der Waals surface area (Å²) >= 11 is 0. The number of nitrogens with zero attached hydrogens (tertiary/aromatic N) is 5. The number of alkyl halides is 3. The van der Waals surface area contributed by atoms with Gasteiger partial charge in [-0.3, -0.25) is 9.69 Å². The number of hydrogen-bond acceptors (Lipinski definition) is 7. The van der Waals surface area contributed by atoms with Crippen LogP contribution in [0.1, 0.15) is 36.2 Å². The molecule has 0 radical (unpaired) electrons. The highest BCUT2D eigenvalue weighted by atomic mass is 19.4. The van der Waals surface area contributed by atoms with Crippen molar-refractivity contribution in [3.63, 3.8) is 0 Å². The van der Waals surface area contributed by atoms with Crippen LogP contribution in [0.15, 0.2) is 23.1 Å². The van der Waals surface area contributed by atoms with Gasteiger partial charge < -0.3 is 10.1 Å². The van der Waals surface area contributed by atoms with Crippen LogP contribution in [0.4, 0.5) is 19.1 Å². The second kappa shape index (κ2) is 9.31. The zero-order chi connectivity index (χ0) is 21.8. The van der Waals surface area contributed by atoms with Crippen LogP contribution in [0.2, 0.25) is 0 Å². The summed E-state index contributed by atoms with van der Waals surface area (Å²) in [6.45, 7) is 3.43. The lowest BCUT2D eigenvalue weighted by Gasteiger charge is -2.35. The Balaban J connectivity index is 1.38. The van der Waals surface area contributed by atoms with Gasteiger partial charge in [0.1, 0.15) is 5.69 Å². The Morgan fingerprint density at radius 2 is 2.13 bits per heavy atom. The average Bonchev–Trinajstić information content (AvgIpc) is 2.76. The van der Waals surface area contributed by atoms with E-state index in [9.17, 15) is 18.0 Å². The molecule has 0 spiro atoms. The van der Waals surface area contributed by atoms with Crippen LogP contribution in [0.3, 0.4) is 0 Å². The maximum Gasteiger partial charge on any atom is 0.433 e. The Kier molecular flexibility index (Phi) is 6.51. The molecular formula is C20H25F3N6O2. The molecular weight excluding hydrogens is 413 g/mol. The molecule has 0 bridgehead atoms. The number of piperidine rings is 1. The molecule has 1 saturated heterocycles. The van der Waals surface area contributed by atoms with E-state index < -0.39 is 11.9 Å². The lowest BCUT2D eigenvalue weighted by atomic mass is 10.0. The molecule has 2 aliphatic rings. The van der Waals surface area contributed by atoms with Crippen molar-refractivity contribution in [3.05, 3.63) is 45.6 Å². The highest BCUT2D eigenvalue weighted by Crippen LogP contribution is 2.27. The zero-order valence-electron chi connectivity index (χ0n) is 17.1. The number of anilines is 1. The lowest BCUT2D eigenvalue weighted by molar-refractivity contribution is -0.141. The molecule has 8 nitrogen and oxygen atoms in total. The van der Waals surface area contributed by atoms with Crippen molar-refractivity contribution < 1.29 is 17.9 Å². The third-order valence-corrected chi connectivity index (χ3v) is 5.69. The topological polar surface area (TPSA) is 85.2 Å². The number of likely N-dealkylation sites (tertiary alicyclic amines) is 1. The molecule has 1 atom stereocenters. The second-order valence-electron chi connectivity index (χ2n) is 7.81. The van der Waals surface area contributed by atoms with Crippen LogP contribution in [0.5, 0.6) is 0 Å². The van der Waals surface area contributed by atoms with Gasteiger partial charge in [0.2, 0.25) is 5.95 Å². The molecule has 2 aliphatic heterocycles. The zero-order valence-corrected chi connectivity index (χ0v) is 17.1. The molecule has 0 amide bonds. The molecule has 0 saturated carbocycles. The van der Waals surface area contributed by atoms with Crippen molar-refractivity contribution in [2.75, 3.05) is 31.6 Å². The van der Waals surface area contributed by atoms with Gasteiger partial charge in [-0.2, -0.15) is 18.3 Å². The van der Waals surface area contributed by atoms with Crippen LogP contribution >= 0.6 is 0 Å². The van der Waals surface area contributed by atoms with Gasteiger partial charge in [0.15, 0.2) is 0 Å². The summed E-state index contributed by atoms with van der Waals surface area (Å²) in [5.74, 6) is -0.0323. The van der Waals surface area contributed by atoms with Crippen molar-refractivity contribution in [2.45, 2.75) is 51.1 Å². The maximum atomic E-state index is 12.9. The average molecular weight is 438 g/mol. The first-order valence-electron chi connectivity index (χ1n) is 10.5. The molecule has 4 rings (SSSR count). The van der Waals surface area contributed by atoms with E-state index in [2.05, 4.69) is 25.3 Å². The number of hydrogen-bond donors (Lipinski definition) is 1. The summed E-state index contributed by atoms with van der Waals surface area (Å²) in [6, 6.07) is 2.57. The number of halogens is 3. The highest BCUT2D eigenvalue weighted by Gasteiger charge is 2.33. The standard InChI is InChI=1S/C20H25F3N6O2/c21-20(22,23)17-4-6-24-19(26-17)25-12-15-3-1-2-7-28(15)8-9-29-18(30)11-14-13-31-10-5-16(14)27-29/h4,6,11,15H,1-3,5,7-10,12-13H2,(H,24,25,26). The number of ether oxygens (including phenoxy) is 1. The van der Waals surface area contributed by atoms with Gasteiger partial charge in [0.05, 0.1) is 25.5 Å². The third-order valence-electron chi connectivity index (χ3n) is 5.69. The molecule has 4 heterocycles. The summed E-state index contributed by atoms with van der Waals surface area (Å²) in [7, 11) is 0. The highest BCUT2D eigenvalue weighted by molar-refractivity contribution is 5.26. The van der Waals surface area contributed by atoms with Gasteiger partial charge in [0, 0.05) is 43.4 Å². The maximum absolute atomic E-state index is 12.9. The Hall–Kier alpha value is -2.53. The van der Waals surface area contributed by atoms with Gasteiger partial charge in [-0.15, -0.1) is 0 Å². The first kappa shape index (κ1) is 21.7. The smallest absolute Gasteiger partial charge is 0.376 e. The van der Waals surface area contributed by atoms with E-state index in [0.29, 0.717) is 39.3 Å². The van der Waals surface area contributed by atoms with Gasteiger partial charge >= 0.3 is 6.18 Å². The SMILES string of the molecule is O=c1cc2c(nn1CCN1CCCCC1CNc1nccc(C(F)(F)F)n1)CCOC2. The molecule has 1 fully saturated rings. The fourth-order valence-corrected chi connectivity index (χ4v) is 4.03. The van der Waals surface area contributed by atoms with Gasteiger partial charge in [-0.05, 0) is 25.5 Å². The Morgan fingerprint density at radius 3 is 2.97 bits per heavy atom. The van der Waals surface area contributed by atoms with E-state index >= 15 is 0 Å². The monoisotopic (exact) mass is 438 g/mol. The minimum absolute atomic E-state index is 0.0323. The minimum atomic E-state index is -4.50. The van der Waals surface area contributed by atoms with Crippen LogP contribution in [0.25, 0.3) is 0 Å². The van der Waals surface area contributed by atoms with Crippen molar-refractivity contribution in [2.24, 2.45) is 0 Å². The van der Waals surface area contributed by atoms with Crippen LogP contribution in [-0.4, -0.2) is 56.9 Å². The molecule has 1 N–H and O–H groups in total. The second-order valence-corrected chi connectivity index (χ2v) is 7.81.